The molecule has 0 aliphatic rings. The topological polar surface area (TPSA) is 92.9 Å². The molecule has 130 valence electrons. The maximum Gasteiger partial charge on any atom is 0.251 e. The zero-order valence-electron chi connectivity index (χ0n) is 13.4. The number of carbonyl (C=O) groups excluding carboxylic acids is 1. The number of rotatable bonds is 6. The van der Waals surface area contributed by atoms with Gasteiger partial charge in [-0.1, -0.05) is 5.21 Å². The number of nitrogens with zero attached hydrogens (tertiary/aromatic N) is 4. The van der Waals surface area contributed by atoms with Crippen LogP contribution in [0.3, 0.4) is 0 Å². The van der Waals surface area contributed by atoms with E-state index in [-0.39, 0.29) is 18.1 Å². The third-order valence-corrected chi connectivity index (χ3v) is 4.34. The molecule has 7 nitrogen and oxygen atoms in total. The molecule has 0 fully saturated rings. The summed E-state index contributed by atoms with van der Waals surface area (Å²) in [6, 6.07) is 4.08. The normalized spacial score (nSPS) is 10.8. The number of carbonyl (C=O) groups is 1. The van der Waals surface area contributed by atoms with E-state index in [2.05, 4.69) is 20.6 Å². The Hall–Kier alpha value is -2.65. The molecular weight excluding hydrogens is 345 g/mol. The number of halogens is 1. The smallest absolute Gasteiger partial charge is 0.251 e. The number of aryl methyl sites for hydroxylation is 1. The highest BCUT2D eigenvalue weighted by Crippen LogP contribution is 2.25. The van der Waals surface area contributed by atoms with Crippen molar-refractivity contribution in [2.45, 2.75) is 20.1 Å². The molecule has 2 N–H and O–H groups in total. The molecule has 2 aromatic heterocycles. The lowest BCUT2D eigenvalue weighted by atomic mass is 10.1. The Morgan fingerprint density at radius 1 is 1.40 bits per heavy atom. The summed E-state index contributed by atoms with van der Waals surface area (Å²) >= 11 is 1.29. The molecule has 0 radical (unpaired) electrons. The molecule has 3 aromatic rings. The molecule has 9 heteroatoms. The van der Waals surface area contributed by atoms with Gasteiger partial charge < -0.3 is 10.4 Å². The summed E-state index contributed by atoms with van der Waals surface area (Å²) in [6.45, 7) is 2.47. The molecule has 0 atom stereocenters. The fourth-order valence-electron chi connectivity index (χ4n) is 2.25. The van der Waals surface area contributed by atoms with Crippen LogP contribution >= 0.6 is 11.3 Å². The Labute approximate surface area is 147 Å². The summed E-state index contributed by atoms with van der Waals surface area (Å²) in [5, 5.41) is 21.8. The van der Waals surface area contributed by atoms with Gasteiger partial charge in [0.1, 0.15) is 10.8 Å². The van der Waals surface area contributed by atoms with Crippen molar-refractivity contribution < 1.29 is 14.3 Å². The van der Waals surface area contributed by atoms with Crippen molar-refractivity contribution in [3.8, 4) is 10.6 Å². The van der Waals surface area contributed by atoms with Gasteiger partial charge in [-0.05, 0) is 25.1 Å². The number of thiazole rings is 1. The molecule has 0 saturated heterocycles. The molecule has 25 heavy (non-hydrogen) atoms. The van der Waals surface area contributed by atoms with Gasteiger partial charge in [-0.25, -0.2) is 9.37 Å². The second kappa shape index (κ2) is 7.49. The molecule has 0 spiro atoms. The van der Waals surface area contributed by atoms with Gasteiger partial charge in [-0.15, -0.1) is 16.4 Å². The monoisotopic (exact) mass is 361 g/mol. The number of benzene rings is 1. The molecule has 0 saturated carbocycles. The highest BCUT2D eigenvalue weighted by Gasteiger charge is 2.12. The Bertz CT molecular complexity index is 892. The number of hydrogen-bond acceptors (Lipinski definition) is 6. The Morgan fingerprint density at radius 3 is 2.92 bits per heavy atom. The van der Waals surface area contributed by atoms with Crippen molar-refractivity contribution in [2.24, 2.45) is 0 Å². The van der Waals surface area contributed by atoms with Crippen LogP contribution in [0.4, 0.5) is 4.39 Å². The minimum absolute atomic E-state index is 0.180. The van der Waals surface area contributed by atoms with E-state index in [4.69, 9.17) is 5.11 Å². The summed E-state index contributed by atoms with van der Waals surface area (Å²) in [5.74, 6) is -0.896. The van der Waals surface area contributed by atoms with Crippen molar-refractivity contribution in [3.05, 3.63) is 52.5 Å². The third-order valence-electron chi connectivity index (χ3n) is 3.40. The first-order chi connectivity index (χ1) is 12.0. The average molecular weight is 361 g/mol. The number of amides is 1. The first-order valence-corrected chi connectivity index (χ1v) is 8.44. The van der Waals surface area contributed by atoms with E-state index in [9.17, 15) is 9.18 Å². The molecule has 0 bridgehead atoms. The van der Waals surface area contributed by atoms with Gasteiger partial charge in [0, 0.05) is 29.2 Å². The van der Waals surface area contributed by atoms with Crippen LogP contribution in [-0.2, 0) is 13.2 Å². The van der Waals surface area contributed by atoms with Crippen LogP contribution in [0.15, 0.2) is 29.8 Å². The average Bonchev–Trinajstić information content (AvgIpc) is 3.23. The molecule has 0 aliphatic heterocycles. The van der Waals surface area contributed by atoms with Crippen molar-refractivity contribution in [1.82, 2.24) is 25.3 Å². The number of nitrogens with one attached hydrogen (secondary N) is 1. The van der Waals surface area contributed by atoms with E-state index < -0.39 is 5.82 Å². The summed E-state index contributed by atoms with van der Waals surface area (Å²) < 4.78 is 15.5. The van der Waals surface area contributed by atoms with Gasteiger partial charge >= 0.3 is 0 Å². The maximum atomic E-state index is 13.9. The molecule has 0 unspecified atom stereocenters. The van der Waals surface area contributed by atoms with Gasteiger partial charge in [0.05, 0.1) is 24.5 Å². The van der Waals surface area contributed by atoms with Crippen LogP contribution in [0.25, 0.3) is 10.6 Å². The lowest BCUT2D eigenvalue weighted by Crippen LogP contribution is -2.27. The van der Waals surface area contributed by atoms with E-state index in [0.717, 1.165) is 5.69 Å². The minimum atomic E-state index is -0.518. The molecule has 1 amide bonds. The Morgan fingerprint density at radius 2 is 2.24 bits per heavy atom. The van der Waals surface area contributed by atoms with Gasteiger partial charge in [-0.3, -0.25) is 9.48 Å². The van der Waals surface area contributed by atoms with E-state index in [1.807, 2.05) is 6.92 Å². The van der Waals surface area contributed by atoms with Crippen LogP contribution in [-0.4, -0.2) is 37.5 Å². The van der Waals surface area contributed by atoms with Gasteiger partial charge in [0.25, 0.3) is 5.91 Å². The molecule has 2 heterocycles. The fraction of sp³-hybridized carbons (Fsp3) is 0.250. The quantitative estimate of drug-likeness (QED) is 0.698. The second-order valence-corrected chi connectivity index (χ2v) is 6.27. The summed E-state index contributed by atoms with van der Waals surface area (Å²) in [7, 11) is 0. The van der Waals surface area contributed by atoms with E-state index in [1.165, 1.54) is 23.5 Å². The van der Waals surface area contributed by atoms with E-state index in [1.54, 1.807) is 22.3 Å². The molecular formula is C16H16FN5O2S. The van der Waals surface area contributed by atoms with E-state index >= 15 is 0 Å². The van der Waals surface area contributed by atoms with Crippen LogP contribution in [0.1, 0.15) is 21.7 Å². The van der Waals surface area contributed by atoms with Crippen LogP contribution in [0, 0.1) is 12.7 Å². The summed E-state index contributed by atoms with van der Waals surface area (Å²) in [4.78, 5) is 16.5. The Balaban J connectivity index is 1.69. The zero-order valence-corrected chi connectivity index (χ0v) is 14.3. The first-order valence-electron chi connectivity index (χ1n) is 7.56. The van der Waals surface area contributed by atoms with Gasteiger partial charge in [0.2, 0.25) is 0 Å². The SMILES string of the molecule is Cc1cn(CCNC(=O)c2cc(F)cc(-c3nc(CO)cs3)c2)nn1. The van der Waals surface area contributed by atoms with Crippen molar-refractivity contribution >= 4 is 17.2 Å². The highest BCUT2D eigenvalue weighted by atomic mass is 32.1. The molecule has 0 aliphatic carbocycles. The predicted octanol–water partition coefficient (Wildman–Crippen LogP) is 1.77. The molecule has 1 aromatic carbocycles. The first kappa shape index (κ1) is 17.2. The van der Waals surface area contributed by atoms with Gasteiger partial charge in [0.15, 0.2) is 0 Å². The van der Waals surface area contributed by atoms with Crippen molar-refractivity contribution in [3.63, 3.8) is 0 Å². The molecule has 3 rings (SSSR count). The standard InChI is InChI=1S/C16H16FN5O2S/c1-10-7-22(21-20-10)3-2-18-15(24)11-4-12(6-13(17)5-11)16-19-14(8-23)9-25-16/h4-7,9,23H,2-3,8H2,1H3,(H,18,24). The summed E-state index contributed by atoms with van der Waals surface area (Å²) in [6.07, 6.45) is 1.77. The number of aromatic nitrogens is 4. The van der Waals surface area contributed by atoms with Crippen LogP contribution < -0.4 is 5.32 Å². The maximum absolute atomic E-state index is 13.9. The lowest BCUT2D eigenvalue weighted by Gasteiger charge is -2.07. The van der Waals surface area contributed by atoms with Crippen molar-refractivity contribution in [2.75, 3.05) is 6.54 Å². The largest absolute Gasteiger partial charge is 0.390 e. The minimum Gasteiger partial charge on any atom is -0.390 e. The number of aliphatic hydroxyl groups excluding tert-OH is 1. The van der Waals surface area contributed by atoms with Crippen LogP contribution in [0.2, 0.25) is 0 Å². The fourth-order valence-corrected chi connectivity index (χ4v) is 3.05. The van der Waals surface area contributed by atoms with Crippen LogP contribution in [0.5, 0.6) is 0 Å². The summed E-state index contributed by atoms with van der Waals surface area (Å²) in [5.41, 5.74) is 2.03. The zero-order chi connectivity index (χ0) is 17.8. The van der Waals surface area contributed by atoms with Crippen molar-refractivity contribution in [1.29, 1.82) is 0 Å². The lowest BCUT2D eigenvalue weighted by molar-refractivity contribution is 0.0951. The predicted molar refractivity (Wildman–Crippen MR) is 90.5 cm³/mol. The number of hydrogen-bond donors (Lipinski definition) is 2. The van der Waals surface area contributed by atoms with Gasteiger partial charge in [-0.2, -0.15) is 0 Å². The third kappa shape index (κ3) is 4.25. The number of aliphatic hydroxyl groups is 1. The van der Waals surface area contributed by atoms with E-state index in [0.29, 0.717) is 29.4 Å². The Kier molecular flexibility index (Phi) is 5.15. The second-order valence-electron chi connectivity index (χ2n) is 5.41. The highest BCUT2D eigenvalue weighted by molar-refractivity contribution is 7.13.